The van der Waals surface area contributed by atoms with Crippen molar-refractivity contribution in [3.63, 3.8) is 0 Å². The summed E-state index contributed by atoms with van der Waals surface area (Å²) in [5.41, 5.74) is 0.745. The lowest BCUT2D eigenvalue weighted by molar-refractivity contribution is 0.0997. The van der Waals surface area contributed by atoms with E-state index in [4.69, 9.17) is 8.83 Å². The molecule has 2 heterocycles. The molecule has 29 heavy (non-hydrogen) atoms. The summed E-state index contributed by atoms with van der Waals surface area (Å²) in [6, 6.07) is 11.9. The standard InChI is InChI=1S/C20H14N2O7/c23-12-2-1-3-14-17(12)13(24)9-16(28-14)18(25)21-11-6-4-10(5-7-11)8-15-19(26)22-20(27)29-15/h1-7,9,23,26H,8H2,(H,21,25)(H,22,27). The van der Waals surface area contributed by atoms with Crippen LogP contribution in [-0.4, -0.2) is 21.1 Å². The highest BCUT2D eigenvalue weighted by molar-refractivity contribution is 6.03. The number of aromatic nitrogens is 1. The molecule has 0 saturated heterocycles. The number of benzene rings is 2. The fourth-order valence-corrected chi connectivity index (χ4v) is 2.86. The summed E-state index contributed by atoms with van der Waals surface area (Å²) >= 11 is 0. The van der Waals surface area contributed by atoms with E-state index in [1.54, 1.807) is 24.3 Å². The number of aromatic hydroxyl groups is 2. The zero-order chi connectivity index (χ0) is 20.5. The molecule has 2 aromatic carbocycles. The Balaban J connectivity index is 1.53. The van der Waals surface area contributed by atoms with E-state index in [0.29, 0.717) is 5.69 Å². The Morgan fingerprint density at radius 1 is 1.03 bits per heavy atom. The van der Waals surface area contributed by atoms with E-state index >= 15 is 0 Å². The number of hydrogen-bond donors (Lipinski definition) is 4. The van der Waals surface area contributed by atoms with Crippen LogP contribution >= 0.6 is 0 Å². The van der Waals surface area contributed by atoms with Crippen LogP contribution in [0.3, 0.4) is 0 Å². The van der Waals surface area contributed by atoms with E-state index < -0.39 is 17.1 Å². The van der Waals surface area contributed by atoms with E-state index in [1.165, 1.54) is 18.2 Å². The number of nitrogens with one attached hydrogen (secondary N) is 2. The van der Waals surface area contributed by atoms with Crippen molar-refractivity contribution in [2.75, 3.05) is 5.32 Å². The van der Waals surface area contributed by atoms with Gasteiger partial charge in [-0.1, -0.05) is 18.2 Å². The SMILES string of the molecule is O=C(Nc1ccc(Cc2oc(=O)[nH]c2O)cc1)c1cc(=O)c2c(O)cccc2o1. The number of oxazole rings is 1. The van der Waals surface area contributed by atoms with Crippen LogP contribution in [0.1, 0.15) is 21.9 Å². The second-order valence-electron chi connectivity index (χ2n) is 6.24. The molecule has 0 unspecified atom stereocenters. The minimum atomic E-state index is -0.744. The van der Waals surface area contributed by atoms with Crippen LogP contribution in [0.15, 0.2) is 67.0 Å². The number of H-pyrrole nitrogens is 1. The zero-order valence-electron chi connectivity index (χ0n) is 14.8. The third-order valence-electron chi connectivity index (χ3n) is 4.23. The van der Waals surface area contributed by atoms with E-state index in [-0.39, 0.29) is 40.5 Å². The summed E-state index contributed by atoms with van der Waals surface area (Å²) in [4.78, 5) is 37.8. The van der Waals surface area contributed by atoms with Gasteiger partial charge in [-0.05, 0) is 29.8 Å². The predicted molar refractivity (Wildman–Crippen MR) is 102 cm³/mol. The number of aromatic amines is 1. The van der Waals surface area contributed by atoms with Crippen LogP contribution in [-0.2, 0) is 6.42 Å². The Morgan fingerprint density at radius 3 is 2.48 bits per heavy atom. The van der Waals surface area contributed by atoms with Crippen LogP contribution in [0.2, 0.25) is 0 Å². The molecule has 0 bridgehead atoms. The molecule has 0 aliphatic rings. The number of phenols is 1. The van der Waals surface area contributed by atoms with Gasteiger partial charge < -0.3 is 24.4 Å². The second kappa shape index (κ2) is 7.04. The van der Waals surface area contributed by atoms with Gasteiger partial charge in [0.15, 0.2) is 16.9 Å². The van der Waals surface area contributed by atoms with Crippen LogP contribution in [0, 0.1) is 0 Å². The largest absolute Gasteiger partial charge is 0.507 e. The summed E-state index contributed by atoms with van der Waals surface area (Å²) < 4.78 is 10.3. The van der Waals surface area contributed by atoms with Gasteiger partial charge in [-0.2, -0.15) is 0 Å². The molecule has 146 valence electrons. The molecular weight excluding hydrogens is 380 g/mol. The summed E-state index contributed by atoms with van der Waals surface area (Å²) in [6.45, 7) is 0. The smallest absolute Gasteiger partial charge is 0.419 e. The first kappa shape index (κ1) is 18.1. The number of hydrogen-bond acceptors (Lipinski definition) is 7. The minimum absolute atomic E-state index is 0.00747. The van der Waals surface area contributed by atoms with Crippen LogP contribution in [0.5, 0.6) is 11.6 Å². The Labute approximate surface area is 161 Å². The highest BCUT2D eigenvalue weighted by Crippen LogP contribution is 2.22. The molecule has 9 heteroatoms. The number of phenolic OH excluding ortho intramolecular Hbond substituents is 1. The summed E-state index contributed by atoms with van der Waals surface area (Å²) in [5, 5.41) is 21.9. The average Bonchev–Trinajstić information content (AvgIpc) is 3.00. The number of fused-ring (bicyclic) bond motifs is 1. The van der Waals surface area contributed by atoms with Gasteiger partial charge in [-0.15, -0.1) is 0 Å². The van der Waals surface area contributed by atoms with Crippen molar-refractivity contribution in [3.05, 3.63) is 86.4 Å². The molecule has 4 N–H and O–H groups in total. The minimum Gasteiger partial charge on any atom is -0.507 e. The molecule has 0 aliphatic carbocycles. The Hall–Kier alpha value is -4.27. The van der Waals surface area contributed by atoms with E-state index in [0.717, 1.165) is 11.6 Å². The normalized spacial score (nSPS) is 10.9. The van der Waals surface area contributed by atoms with Crippen LogP contribution < -0.4 is 16.5 Å². The monoisotopic (exact) mass is 394 g/mol. The number of carbonyl (C=O) groups is 1. The van der Waals surface area contributed by atoms with Gasteiger partial charge in [-0.25, -0.2) is 4.79 Å². The van der Waals surface area contributed by atoms with Crippen molar-refractivity contribution in [1.82, 2.24) is 4.98 Å². The van der Waals surface area contributed by atoms with Gasteiger partial charge in [0.1, 0.15) is 16.7 Å². The lowest BCUT2D eigenvalue weighted by Gasteiger charge is -2.07. The first-order valence-corrected chi connectivity index (χ1v) is 8.48. The van der Waals surface area contributed by atoms with Crippen molar-refractivity contribution in [2.24, 2.45) is 0 Å². The number of rotatable bonds is 4. The third kappa shape index (κ3) is 3.61. The Morgan fingerprint density at radius 2 is 1.79 bits per heavy atom. The third-order valence-corrected chi connectivity index (χ3v) is 4.23. The van der Waals surface area contributed by atoms with Crippen molar-refractivity contribution >= 4 is 22.6 Å². The highest BCUT2D eigenvalue weighted by atomic mass is 16.4. The van der Waals surface area contributed by atoms with Gasteiger partial charge in [-0.3, -0.25) is 14.6 Å². The molecule has 0 spiro atoms. The van der Waals surface area contributed by atoms with E-state index in [9.17, 15) is 24.6 Å². The van der Waals surface area contributed by atoms with Crippen molar-refractivity contribution in [1.29, 1.82) is 0 Å². The molecule has 0 aliphatic heterocycles. The maximum Gasteiger partial charge on any atom is 0.419 e. The fraction of sp³-hybridized carbons (Fsp3) is 0.0500. The average molecular weight is 394 g/mol. The fourth-order valence-electron chi connectivity index (χ4n) is 2.86. The van der Waals surface area contributed by atoms with E-state index in [1.807, 2.05) is 0 Å². The molecule has 4 rings (SSSR count). The van der Waals surface area contributed by atoms with Gasteiger partial charge >= 0.3 is 5.76 Å². The number of amides is 1. The molecule has 9 nitrogen and oxygen atoms in total. The summed E-state index contributed by atoms with van der Waals surface area (Å²) in [7, 11) is 0. The van der Waals surface area contributed by atoms with E-state index in [2.05, 4.69) is 10.3 Å². The first-order chi connectivity index (χ1) is 13.9. The molecule has 2 aromatic heterocycles. The molecule has 0 saturated carbocycles. The van der Waals surface area contributed by atoms with Crippen LogP contribution in [0.4, 0.5) is 5.69 Å². The first-order valence-electron chi connectivity index (χ1n) is 8.48. The van der Waals surface area contributed by atoms with Crippen molar-refractivity contribution < 1.29 is 23.8 Å². The topological polar surface area (TPSA) is 146 Å². The lowest BCUT2D eigenvalue weighted by Crippen LogP contribution is -2.15. The van der Waals surface area contributed by atoms with Gasteiger partial charge in [0, 0.05) is 18.2 Å². The Bertz CT molecular complexity index is 1330. The molecule has 4 aromatic rings. The number of carbonyl (C=O) groups excluding carboxylic acids is 1. The van der Waals surface area contributed by atoms with Gasteiger partial charge in [0.05, 0.1) is 0 Å². The number of anilines is 1. The van der Waals surface area contributed by atoms with Crippen molar-refractivity contribution in [2.45, 2.75) is 6.42 Å². The predicted octanol–water partition coefficient (Wildman–Crippen LogP) is 2.33. The molecule has 0 fully saturated rings. The molecule has 1 amide bonds. The Kier molecular flexibility index (Phi) is 4.40. The molecule has 0 atom stereocenters. The summed E-state index contributed by atoms with van der Waals surface area (Å²) in [5.74, 6) is -2.02. The molecular formula is C20H14N2O7. The van der Waals surface area contributed by atoms with Crippen LogP contribution in [0.25, 0.3) is 11.0 Å². The maximum absolute atomic E-state index is 12.4. The highest BCUT2D eigenvalue weighted by Gasteiger charge is 2.15. The zero-order valence-corrected chi connectivity index (χ0v) is 14.8. The van der Waals surface area contributed by atoms with Crippen molar-refractivity contribution in [3.8, 4) is 11.6 Å². The quantitative estimate of drug-likeness (QED) is 0.415. The lowest BCUT2D eigenvalue weighted by atomic mass is 10.1. The maximum atomic E-state index is 12.4. The van der Waals surface area contributed by atoms with Gasteiger partial charge in [0.25, 0.3) is 5.91 Å². The molecule has 0 radical (unpaired) electrons. The summed E-state index contributed by atoms with van der Waals surface area (Å²) in [6.07, 6.45) is 0.182. The van der Waals surface area contributed by atoms with Gasteiger partial charge in [0.2, 0.25) is 5.88 Å². The second-order valence-corrected chi connectivity index (χ2v) is 6.24.